The minimum atomic E-state index is -0.398. The number of rotatable bonds is 5. The van der Waals surface area contributed by atoms with Crippen LogP contribution in [0.1, 0.15) is 11.1 Å². The van der Waals surface area contributed by atoms with Crippen molar-refractivity contribution in [3.8, 4) is 17.6 Å². The van der Waals surface area contributed by atoms with E-state index in [2.05, 4.69) is 15.4 Å². The Bertz CT molecular complexity index is 1240. The van der Waals surface area contributed by atoms with Crippen LogP contribution in [0, 0.1) is 18.3 Å². The van der Waals surface area contributed by atoms with Crippen molar-refractivity contribution in [1.82, 2.24) is 14.8 Å². The fraction of sp³-hybridized carbons (Fsp3) is 0.0909. The van der Waals surface area contributed by atoms with E-state index in [1.54, 1.807) is 12.1 Å². The Balaban J connectivity index is 1.57. The molecule has 0 bridgehead atoms. The van der Waals surface area contributed by atoms with E-state index in [1.807, 2.05) is 61.5 Å². The topological polar surface area (TPSA) is 92.8 Å². The van der Waals surface area contributed by atoms with Gasteiger partial charge in [-0.1, -0.05) is 30.3 Å². The van der Waals surface area contributed by atoms with Crippen molar-refractivity contribution in [1.29, 1.82) is 5.26 Å². The van der Waals surface area contributed by atoms with Crippen LogP contribution in [0.3, 0.4) is 0 Å². The number of nitriles is 1. The molecular formula is C22H17N5O2. The summed E-state index contributed by atoms with van der Waals surface area (Å²) in [6, 6.07) is 20.9. The summed E-state index contributed by atoms with van der Waals surface area (Å²) in [6.45, 7) is 1.76. The number of fused-ring (bicyclic) bond motifs is 1. The van der Waals surface area contributed by atoms with Crippen LogP contribution in [0.15, 0.2) is 66.9 Å². The lowest BCUT2D eigenvalue weighted by Crippen LogP contribution is -2.22. The standard InChI is InChI=1S/C22H17N5O2/c1-15-5-4-7-18(11-15)29-14-21(28)26-22-17(12-23)13-24-27(22)20-10-9-16-6-2-3-8-19(16)25-20/h2-11,13H,14H2,1H3,(H,26,28). The second-order valence-electron chi connectivity index (χ2n) is 6.45. The fourth-order valence-corrected chi connectivity index (χ4v) is 2.92. The number of aryl methyl sites for hydroxylation is 1. The monoisotopic (exact) mass is 383 g/mol. The predicted octanol–water partition coefficient (Wildman–Crippen LogP) is 3.62. The lowest BCUT2D eigenvalue weighted by molar-refractivity contribution is -0.118. The second kappa shape index (κ2) is 7.82. The molecule has 1 N–H and O–H groups in total. The van der Waals surface area contributed by atoms with Gasteiger partial charge in [-0.3, -0.25) is 4.79 Å². The normalized spacial score (nSPS) is 10.5. The minimum absolute atomic E-state index is 0.190. The molecule has 0 aliphatic carbocycles. The SMILES string of the molecule is Cc1cccc(OCC(=O)Nc2c(C#N)cnn2-c2ccc3ccccc3n2)c1. The maximum absolute atomic E-state index is 12.4. The van der Waals surface area contributed by atoms with Crippen LogP contribution in [0.25, 0.3) is 16.7 Å². The van der Waals surface area contributed by atoms with E-state index in [4.69, 9.17) is 4.74 Å². The molecule has 0 fully saturated rings. The molecule has 7 heteroatoms. The van der Waals surface area contributed by atoms with E-state index in [0.717, 1.165) is 16.5 Å². The van der Waals surface area contributed by atoms with Gasteiger partial charge >= 0.3 is 0 Å². The van der Waals surface area contributed by atoms with Crippen LogP contribution in [0.5, 0.6) is 5.75 Å². The van der Waals surface area contributed by atoms with Crippen molar-refractivity contribution >= 4 is 22.6 Å². The molecule has 0 spiro atoms. The van der Waals surface area contributed by atoms with Crippen molar-refractivity contribution in [2.75, 3.05) is 11.9 Å². The summed E-state index contributed by atoms with van der Waals surface area (Å²) >= 11 is 0. The van der Waals surface area contributed by atoms with Gasteiger partial charge in [0, 0.05) is 5.39 Å². The zero-order valence-electron chi connectivity index (χ0n) is 15.7. The summed E-state index contributed by atoms with van der Waals surface area (Å²) in [6.07, 6.45) is 1.40. The molecule has 7 nitrogen and oxygen atoms in total. The van der Waals surface area contributed by atoms with Crippen molar-refractivity contribution < 1.29 is 9.53 Å². The molecule has 29 heavy (non-hydrogen) atoms. The Morgan fingerprint density at radius 1 is 1.17 bits per heavy atom. The summed E-state index contributed by atoms with van der Waals surface area (Å²) < 4.78 is 6.97. The molecular weight excluding hydrogens is 366 g/mol. The Morgan fingerprint density at radius 3 is 2.86 bits per heavy atom. The highest BCUT2D eigenvalue weighted by Gasteiger charge is 2.16. The Morgan fingerprint density at radius 2 is 2.03 bits per heavy atom. The predicted molar refractivity (Wildman–Crippen MR) is 109 cm³/mol. The molecule has 2 aromatic carbocycles. The van der Waals surface area contributed by atoms with Crippen LogP contribution in [0.2, 0.25) is 0 Å². The highest BCUT2D eigenvalue weighted by atomic mass is 16.5. The number of anilines is 1. The van der Waals surface area contributed by atoms with Gasteiger partial charge in [-0.25, -0.2) is 4.98 Å². The number of hydrogen-bond acceptors (Lipinski definition) is 5. The van der Waals surface area contributed by atoms with E-state index in [9.17, 15) is 10.1 Å². The third-order valence-electron chi connectivity index (χ3n) is 4.31. The van der Waals surface area contributed by atoms with Crippen LogP contribution in [0.4, 0.5) is 5.82 Å². The van der Waals surface area contributed by atoms with Gasteiger partial charge in [0.15, 0.2) is 18.2 Å². The molecule has 4 aromatic rings. The lowest BCUT2D eigenvalue weighted by atomic mass is 10.2. The first-order valence-electron chi connectivity index (χ1n) is 8.97. The molecule has 4 rings (SSSR count). The number of amides is 1. The summed E-state index contributed by atoms with van der Waals surface area (Å²) in [7, 11) is 0. The molecule has 0 aliphatic rings. The molecule has 0 atom stereocenters. The third-order valence-corrected chi connectivity index (χ3v) is 4.31. The van der Waals surface area contributed by atoms with E-state index in [1.165, 1.54) is 10.9 Å². The van der Waals surface area contributed by atoms with Gasteiger partial charge in [-0.05, 0) is 42.8 Å². The van der Waals surface area contributed by atoms with Crippen molar-refractivity contribution in [3.63, 3.8) is 0 Å². The molecule has 0 saturated carbocycles. The third kappa shape index (κ3) is 3.92. The van der Waals surface area contributed by atoms with Gasteiger partial charge in [0.2, 0.25) is 0 Å². The Labute approximate surface area is 167 Å². The van der Waals surface area contributed by atoms with Crippen LogP contribution >= 0.6 is 0 Å². The largest absolute Gasteiger partial charge is 0.484 e. The van der Waals surface area contributed by atoms with E-state index >= 15 is 0 Å². The Hall–Kier alpha value is -4.18. The first-order valence-corrected chi connectivity index (χ1v) is 8.97. The molecule has 0 aliphatic heterocycles. The van der Waals surface area contributed by atoms with Gasteiger partial charge in [-0.15, -0.1) is 0 Å². The number of carbonyl (C=O) groups excluding carboxylic acids is 1. The van der Waals surface area contributed by atoms with Crippen LogP contribution in [-0.2, 0) is 4.79 Å². The minimum Gasteiger partial charge on any atom is -0.484 e. The molecule has 142 valence electrons. The highest BCUT2D eigenvalue weighted by molar-refractivity contribution is 5.92. The molecule has 1 amide bonds. The van der Waals surface area contributed by atoms with Gasteiger partial charge in [0.05, 0.1) is 11.7 Å². The van der Waals surface area contributed by atoms with Crippen LogP contribution < -0.4 is 10.1 Å². The van der Waals surface area contributed by atoms with Gasteiger partial charge < -0.3 is 10.1 Å². The number of para-hydroxylation sites is 1. The van der Waals surface area contributed by atoms with Crippen molar-refractivity contribution in [2.24, 2.45) is 0 Å². The number of ether oxygens (including phenoxy) is 1. The molecule has 2 aromatic heterocycles. The summed E-state index contributed by atoms with van der Waals surface area (Å²) in [5.74, 6) is 0.962. The summed E-state index contributed by atoms with van der Waals surface area (Å²) in [5, 5.41) is 17.3. The average molecular weight is 383 g/mol. The first kappa shape index (κ1) is 18.2. The number of carbonyl (C=O) groups is 1. The molecule has 2 heterocycles. The number of nitrogens with one attached hydrogen (secondary N) is 1. The number of hydrogen-bond donors (Lipinski definition) is 1. The smallest absolute Gasteiger partial charge is 0.263 e. The van der Waals surface area contributed by atoms with Crippen molar-refractivity contribution in [2.45, 2.75) is 6.92 Å². The van der Waals surface area contributed by atoms with E-state index in [-0.39, 0.29) is 18.0 Å². The quantitative estimate of drug-likeness (QED) is 0.568. The summed E-state index contributed by atoms with van der Waals surface area (Å²) in [4.78, 5) is 17.0. The second-order valence-corrected chi connectivity index (χ2v) is 6.45. The maximum Gasteiger partial charge on any atom is 0.263 e. The fourth-order valence-electron chi connectivity index (χ4n) is 2.92. The zero-order valence-corrected chi connectivity index (χ0v) is 15.7. The number of pyridine rings is 1. The van der Waals surface area contributed by atoms with E-state index in [0.29, 0.717) is 11.6 Å². The summed E-state index contributed by atoms with van der Waals surface area (Å²) in [5.41, 5.74) is 2.07. The van der Waals surface area contributed by atoms with E-state index < -0.39 is 5.91 Å². The van der Waals surface area contributed by atoms with Gasteiger partial charge in [0.25, 0.3) is 5.91 Å². The maximum atomic E-state index is 12.4. The zero-order chi connectivity index (χ0) is 20.2. The molecule has 0 unspecified atom stereocenters. The van der Waals surface area contributed by atoms with Gasteiger partial charge in [0.1, 0.15) is 17.4 Å². The number of benzene rings is 2. The molecule has 0 radical (unpaired) electrons. The number of nitrogens with zero attached hydrogens (tertiary/aromatic N) is 4. The molecule has 0 saturated heterocycles. The highest BCUT2D eigenvalue weighted by Crippen LogP contribution is 2.21. The first-order chi connectivity index (χ1) is 14.1. The van der Waals surface area contributed by atoms with Crippen molar-refractivity contribution in [3.05, 3.63) is 78.0 Å². The lowest BCUT2D eigenvalue weighted by Gasteiger charge is -2.11. The van der Waals surface area contributed by atoms with Gasteiger partial charge in [-0.2, -0.15) is 15.0 Å². The Kier molecular flexibility index (Phi) is 4.91. The average Bonchev–Trinajstić information content (AvgIpc) is 3.14. The number of aromatic nitrogens is 3. The van der Waals surface area contributed by atoms with Crippen LogP contribution in [-0.4, -0.2) is 27.3 Å².